The third-order valence-corrected chi connectivity index (χ3v) is 6.31. The summed E-state index contributed by atoms with van der Waals surface area (Å²) in [4.78, 5) is 23.1. The number of aromatic nitrogens is 3. The van der Waals surface area contributed by atoms with Crippen LogP contribution in [0.25, 0.3) is 11.0 Å². The first-order valence-electron chi connectivity index (χ1n) is 11.2. The van der Waals surface area contributed by atoms with Crippen molar-refractivity contribution in [1.29, 1.82) is 0 Å². The minimum atomic E-state index is -0.273. The number of aromatic hydroxyl groups is 1. The normalized spacial score (nSPS) is 17.0. The lowest BCUT2D eigenvalue weighted by molar-refractivity contribution is -0.107. The summed E-state index contributed by atoms with van der Waals surface area (Å²) in [5.41, 5.74) is 3.58. The third-order valence-electron chi connectivity index (χ3n) is 6.31. The van der Waals surface area contributed by atoms with Crippen molar-refractivity contribution in [3.63, 3.8) is 0 Å². The smallest absolute Gasteiger partial charge is 0.135 e. The molecule has 0 aliphatic heterocycles. The molecule has 8 heteroatoms. The Morgan fingerprint density at radius 3 is 2.91 bits per heavy atom. The van der Waals surface area contributed by atoms with Crippen LogP contribution in [0.1, 0.15) is 47.2 Å². The topological polar surface area (TPSA) is 100 Å². The molecule has 0 radical (unpaired) electrons. The highest BCUT2D eigenvalue weighted by atomic mass is 19.1. The minimum absolute atomic E-state index is 0.0786. The summed E-state index contributed by atoms with van der Waals surface area (Å²) in [6.07, 6.45) is 4.21. The van der Waals surface area contributed by atoms with E-state index >= 15 is 0 Å². The molecule has 0 bridgehead atoms. The van der Waals surface area contributed by atoms with E-state index in [-0.39, 0.29) is 23.4 Å². The Hall–Kier alpha value is -3.94. The molecule has 2 heterocycles. The Morgan fingerprint density at radius 1 is 1.26 bits per heavy atom. The fourth-order valence-electron chi connectivity index (χ4n) is 4.43. The van der Waals surface area contributed by atoms with Gasteiger partial charge in [0.2, 0.25) is 0 Å². The summed E-state index contributed by atoms with van der Waals surface area (Å²) in [5, 5.41) is 13.6. The number of carbonyl (C=O) groups is 1. The first-order valence-corrected chi connectivity index (χ1v) is 11.2. The van der Waals surface area contributed by atoms with Gasteiger partial charge in [0.1, 0.15) is 41.0 Å². The van der Waals surface area contributed by atoms with Crippen molar-refractivity contribution in [2.45, 2.75) is 38.0 Å². The van der Waals surface area contributed by atoms with Crippen molar-refractivity contribution in [3.8, 4) is 17.2 Å². The average molecular weight is 461 g/mol. The molecule has 1 saturated carbocycles. The fraction of sp³-hybridized carbons (Fsp3) is 0.269. The van der Waals surface area contributed by atoms with Crippen molar-refractivity contribution in [1.82, 2.24) is 15.0 Å². The maximum absolute atomic E-state index is 13.9. The number of H-pyrrole nitrogens is 1. The Balaban J connectivity index is 1.40. The Bertz CT molecular complexity index is 1350. The number of nitrogens with one attached hydrogen (secondary N) is 2. The molecule has 1 aliphatic rings. The highest BCUT2D eigenvalue weighted by Gasteiger charge is 2.43. The van der Waals surface area contributed by atoms with Gasteiger partial charge >= 0.3 is 0 Å². The number of fused-ring (bicyclic) bond motifs is 1. The number of aldehydes is 1. The lowest BCUT2D eigenvalue weighted by Crippen LogP contribution is -2.02. The van der Waals surface area contributed by atoms with Gasteiger partial charge in [-0.05, 0) is 61.6 Å². The van der Waals surface area contributed by atoms with Gasteiger partial charge < -0.3 is 24.9 Å². The number of aryl methyl sites for hydroxylation is 1. The van der Waals surface area contributed by atoms with Gasteiger partial charge in [0.25, 0.3) is 0 Å². The molecule has 34 heavy (non-hydrogen) atoms. The molecule has 2 atom stereocenters. The molecule has 7 nitrogen and oxygen atoms in total. The molecule has 1 unspecified atom stereocenters. The van der Waals surface area contributed by atoms with Crippen molar-refractivity contribution >= 4 is 23.1 Å². The number of nitrogens with zero attached hydrogens (tertiary/aromatic N) is 2. The standard InChI is InChI=1S/C26H25FN4O3/c1-14-10-21-22(13-20(14)27)31-26(30-21)19-12-17(19)18-11-15(5-6-23(18)33)34-24-7-8-29-25(28-2)16(24)4-3-9-32/h5-11,13,17,19,33H,3-4,12H2,1-2H3,(H,28,29)(H,30,31)/t17-,19?/m1/s1. The van der Waals surface area contributed by atoms with E-state index < -0.39 is 0 Å². The second-order valence-corrected chi connectivity index (χ2v) is 8.60. The molecule has 3 N–H and O–H groups in total. The zero-order chi connectivity index (χ0) is 23.8. The molecule has 1 aliphatic carbocycles. The summed E-state index contributed by atoms with van der Waals surface area (Å²) in [6.45, 7) is 1.73. The van der Waals surface area contributed by atoms with E-state index in [1.54, 1.807) is 44.4 Å². The van der Waals surface area contributed by atoms with Crippen LogP contribution in [0.2, 0.25) is 0 Å². The maximum Gasteiger partial charge on any atom is 0.135 e. The lowest BCUT2D eigenvalue weighted by atomic mass is 10.1. The van der Waals surface area contributed by atoms with Gasteiger partial charge in [0, 0.05) is 42.8 Å². The van der Waals surface area contributed by atoms with Crippen LogP contribution in [-0.2, 0) is 11.2 Å². The molecule has 0 saturated heterocycles. The van der Waals surface area contributed by atoms with Gasteiger partial charge in [0.05, 0.1) is 11.0 Å². The maximum atomic E-state index is 13.9. The average Bonchev–Trinajstić information content (AvgIpc) is 3.53. The van der Waals surface area contributed by atoms with Gasteiger partial charge in [0.15, 0.2) is 0 Å². The molecule has 2 aromatic carbocycles. The van der Waals surface area contributed by atoms with Crippen LogP contribution < -0.4 is 10.1 Å². The molecule has 0 spiro atoms. The molecular formula is C26H25FN4O3. The second kappa shape index (κ2) is 8.78. The van der Waals surface area contributed by atoms with Crippen LogP contribution >= 0.6 is 0 Å². The monoisotopic (exact) mass is 460 g/mol. The van der Waals surface area contributed by atoms with Crippen LogP contribution in [0.15, 0.2) is 42.6 Å². The zero-order valence-electron chi connectivity index (χ0n) is 18.9. The van der Waals surface area contributed by atoms with E-state index in [1.807, 2.05) is 6.07 Å². The molecule has 174 valence electrons. The number of benzene rings is 2. The molecular weight excluding hydrogens is 435 g/mol. The summed E-state index contributed by atoms with van der Waals surface area (Å²) >= 11 is 0. The minimum Gasteiger partial charge on any atom is -0.508 e. The second-order valence-electron chi connectivity index (χ2n) is 8.60. The highest BCUT2D eigenvalue weighted by Crippen LogP contribution is 2.56. The molecule has 5 rings (SSSR count). The van der Waals surface area contributed by atoms with Gasteiger partial charge in [-0.1, -0.05) is 0 Å². The number of phenols is 1. The van der Waals surface area contributed by atoms with Crippen LogP contribution in [-0.4, -0.2) is 33.4 Å². The van der Waals surface area contributed by atoms with E-state index in [0.717, 1.165) is 35.2 Å². The van der Waals surface area contributed by atoms with Crippen molar-refractivity contribution in [3.05, 3.63) is 70.9 Å². The number of phenolic OH excluding ortho intramolecular Hbond substituents is 1. The number of pyridine rings is 1. The van der Waals surface area contributed by atoms with E-state index in [4.69, 9.17) is 4.74 Å². The first-order chi connectivity index (χ1) is 16.5. The third kappa shape index (κ3) is 4.07. The molecule has 0 amide bonds. The Morgan fingerprint density at radius 2 is 2.12 bits per heavy atom. The largest absolute Gasteiger partial charge is 0.508 e. The molecule has 2 aromatic heterocycles. The van der Waals surface area contributed by atoms with E-state index in [1.165, 1.54) is 6.07 Å². The number of anilines is 1. The van der Waals surface area contributed by atoms with Gasteiger partial charge in [-0.15, -0.1) is 0 Å². The quantitative estimate of drug-likeness (QED) is 0.307. The van der Waals surface area contributed by atoms with E-state index in [2.05, 4.69) is 20.3 Å². The van der Waals surface area contributed by atoms with Crippen LogP contribution in [0.4, 0.5) is 10.2 Å². The SMILES string of the molecule is CNc1nccc(Oc2ccc(O)c([C@H]3CC3c3nc4cc(F)c(C)cc4[nH]3)c2)c1CCC=O. The van der Waals surface area contributed by atoms with Crippen LogP contribution in [0, 0.1) is 12.7 Å². The highest BCUT2D eigenvalue weighted by molar-refractivity contribution is 5.76. The van der Waals surface area contributed by atoms with Crippen molar-refractivity contribution in [2.75, 3.05) is 12.4 Å². The summed E-state index contributed by atoms with van der Waals surface area (Å²) in [7, 11) is 1.77. The van der Waals surface area contributed by atoms with E-state index in [9.17, 15) is 14.3 Å². The summed E-state index contributed by atoms with van der Waals surface area (Å²) in [6, 6.07) is 10.2. The van der Waals surface area contributed by atoms with Gasteiger partial charge in [-0.3, -0.25) is 0 Å². The van der Waals surface area contributed by atoms with E-state index in [0.29, 0.717) is 41.2 Å². The lowest BCUT2D eigenvalue weighted by Gasteiger charge is -2.15. The predicted octanol–water partition coefficient (Wildman–Crippen LogP) is 5.35. The number of carbonyl (C=O) groups excluding carboxylic acids is 1. The zero-order valence-corrected chi connectivity index (χ0v) is 18.9. The number of hydrogen-bond donors (Lipinski definition) is 3. The van der Waals surface area contributed by atoms with Gasteiger partial charge in [-0.25, -0.2) is 14.4 Å². The summed E-state index contributed by atoms with van der Waals surface area (Å²) < 4.78 is 20.1. The Labute approximate surface area is 196 Å². The van der Waals surface area contributed by atoms with Crippen molar-refractivity contribution in [2.24, 2.45) is 0 Å². The van der Waals surface area contributed by atoms with Crippen molar-refractivity contribution < 1.29 is 19.0 Å². The first kappa shape index (κ1) is 21.9. The van der Waals surface area contributed by atoms with Crippen LogP contribution in [0.3, 0.4) is 0 Å². The summed E-state index contributed by atoms with van der Waals surface area (Å²) in [5.74, 6) is 2.76. The number of rotatable bonds is 8. The number of aromatic amines is 1. The fourth-order valence-corrected chi connectivity index (χ4v) is 4.43. The number of halogens is 1. The number of ether oxygens (including phenoxy) is 1. The molecule has 1 fully saturated rings. The molecule has 4 aromatic rings. The van der Waals surface area contributed by atoms with Crippen LogP contribution in [0.5, 0.6) is 17.2 Å². The Kier molecular flexibility index (Phi) is 5.65. The number of hydrogen-bond acceptors (Lipinski definition) is 6. The number of imidazole rings is 1. The van der Waals surface area contributed by atoms with Gasteiger partial charge in [-0.2, -0.15) is 0 Å². The predicted molar refractivity (Wildman–Crippen MR) is 127 cm³/mol.